The van der Waals surface area contributed by atoms with Crippen LogP contribution in [0.1, 0.15) is 17.5 Å². The topological polar surface area (TPSA) is 71.3 Å². The third kappa shape index (κ3) is 5.04. The largest absolute Gasteiger partial charge is 0.493 e. The van der Waals surface area contributed by atoms with Crippen LogP contribution in [0.2, 0.25) is 0 Å². The SMILES string of the molecule is COc1cc(CNC(=O)CC#N)ccc1OCc1ccccc1. The van der Waals surface area contributed by atoms with Crippen molar-refractivity contribution in [3.63, 3.8) is 0 Å². The third-order valence-electron chi connectivity index (χ3n) is 3.19. The lowest BCUT2D eigenvalue weighted by Gasteiger charge is -2.12. The second-order valence-electron chi connectivity index (χ2n) is 4.87. The van der Waals surface area contributed by atoms with Crippen molar-refractivity contribution in [1.29, 1.82) is 5.26 Å². The van der Waals surface area contributed by atoms with Gasteiger partial charge in [-0.25, -0.2) is 0 Å². The van der Waals surface area contributed by atoms with E-state index in [2.05, 4.69) is 5.32 Å². The van der Waals surface area contributed by atoms with Crippen LogP contribution in [-0.2, 0) is 17.9 Å². The number of nitrogens with zero attached hydrogens (tertiary/aromatic N) is 1. The minimum absolute atomic E-state index is 0.143. The summed E-state index contributed by atoms with van der Waals surface area (Å²) in [4.78, 5) is 11.3. The van der Waals surface area contributed by atoms with Crippen molar-refractivity contribution in [3.05, 3.63) is 59.7 Å². The Balaban J connectivity index is 1.99. The van der Waals surface area contributed by atoms with Crippen LogP contribution in [0.25, 0.3) is 0 Å². The lowest BCUT2D eigenvalue weighted by Crippen LogP contribution is -2.21. The summed E-state index contributed by atoms with van der Waals surface area (Å²) in [6.45, 7) is 0.797. The highest BCUT2D eigenvalue weighted by atomic mass is 16.5. The van der Waals surface area contributed by atoms with Crippen molar-refractivity contribution in [1.82, 2.24) is 5.32 Å². The molecule has 0 heterocycles. The molecule has 2 rings (SSSR count). The van der Waals surface area contributed by atoms with Crippen LogP contribution in [0.4, 0.5) is 0 Å². The van der Waals surface area contributed by atoms with Gasteiger partial charge in [0.1, 0.15) is 13.0 Å². The molecule has 0 bridgehead atoms. The summed E-state index contributed by atoms with van der Waals surface area (Å²) in [5.74, 6) is 0.951. The molecule has 0 aromatic heterocycles. The zero-order chi connectivity index (χ0) is 16.5. The number of nitriles is 1. The van der Waals surface area contributed by atoms with Crippen molar-refractivity contribution in [2.45, 2.75) is 19.6 Å². The summed E-state index contributed by atoms with van der Waals surface area (Å²) >= 11 is 0. The van der Waals surface area contributed by atoms with Crippen molar-refractivity contribution < 1.29 is 14.3 Å². The van der Waals surface area contributed by atoms with Crippen LogP contribution in [-0.4, -0.2) is 13.0 Å². The van der Waals surface area contributed by atoms with E-state index >= 15 is 0 Å². The Morgan fingerprint density at radius 3 is 2.61 bits per heavy atom. The van der Waals surface area contributed by atoms with Crippen LogP contribution in [0.3, 0.4) is 0 Å². The Kier molecular flexibility index (Phi) is 6.01. The van der Waals surface area contributed by atoms with E-state index in [-0.39, 0.29) is 12.3 Å². The van der Waals surface area contributed by atoms with E-state index in [1.807, 2.05) is 54.6 Å². The van der Waals surface area contributed by atoms with Gasteiger partial charge in [-0.2, -0.15) is 5.26 Å². The Morgan fingerprint density at radius 1 is 1.13 bits per heavy atom. The molecule has 23 heavy (non-hydrogen) atoms. The van der Waals surface area contributed by atoms with Crippen LogP contribution < -0.4 is 14.8 Å². The first-order chi connectivity index (χ1) is 11.2. The van der Waals surface area contributed by atoms with Crippen molar-refractivity contribution in [2.24, 2.45) is 0 Å². The molecule has 2 aromatic rings. The molecule has 0 aliphatic carbocycles. The first-order valence-corrected chi connectivity index (χ1v) is 7.20. The van der Waals surface area contributed by atoms with E-state index in [0.717, 1.165) is 11.1 Å². The Bertz CT molecular complexity index is 693. The maximum Gasteiger partial charge on any atom is 0.234 e. The number of ether oxygens (including phenoxy) is 2. The molecule has 0 saturated heterocycles. The maximum absolute atomic E-state index is 11.3. The first-order valence-electron chi connectivity index (χ1n) is 7.20. The Hall–Kier alpha value is -3.00. The molecule has 0 radical (unpaired) electrons. The van der Waals surface area contributed by atoms with Crippen molar-refractivity contribution >= 4 is 5.91 Å². The Morgan fingerprint density at radius 2 is 1.91 bits per heavy atom. The monoisotopic (exact) mass is 310 g/mol. The van der Waals surface area contributed by atoms with Crippen LogP contribution in [0.15, 0.2) is 48.5 Å². The third-order valence-corrected chi connectivity index (χ3v) is 3.19. The van der Waals surface area contributed by atoms with Gasteiger partial charge in [-0.3, -0.25) is 4.79 Å². The van der Waals surface area contributed by atoms with E-state index in [0.29, 0.717) is 24.7 Å². The highest BCUT2D eigenvalue weighted by Crippen LogP contribution is 2.28. The molecule has 0 unspecified atom stereocenters. The van der Waals surface area contributed by atoms with Gasteiger partial charge < -0.3 is 14.8 Å². The molecule has 1 amide bonds. The number of hydrogen-bond donors (Lipinski definition) is 1. The molecule has 0 fully saturated rings. The molecule has 118 valence electrons. The van der Waals surface area contributed by atoms with E-state index in [1.165, 1.54) is 0 Å². The predicted molar refractivity (Wildman–Crippen MR) is 85.8 cm³/mol. The molecule has 0 aliphatic rings. The van der Waals surface area contributed by atoms with Crippen LogP contribution >= 0.6 is 0 Å². The van der Waals surface area contributed by atoms with E-state index in [4.69, 9.17) is 14.7 Å². The number of amides is 1. The van der Waals surface area contributed by atoms with Crippen molar-refractivity contribution in [3.8, 4) is 17.6 Å². The van der Waals surface area contributed by atoms with E-state index < -0.39 is 0 Å². The number of carbonyl (C=O) groups is 1. The molecule has 0 aliphatic heterocycles. The lowest BCUT2D eigenvalue weighted by molar-refractivity contribution is -0.120. The molecule has 5 nitrogen and oxygen atoms in total. The summed E-state index contributed by atoms with van der Waals surface area (Å²) in [5, 5.41) is 11.1. The van der Waals surface area contributed by atoms with Crippen LogP contribution in [0, 0.1) is 11.3 Å². The number of rotatable bonds is 7. The van der Waals surface area contributed by atoms with Gasteiger partial charge in [0.2, 0.25) is 5.91 Å². The second kappa shape index (κ2) is 8.44. The van der Waals surface area contributed by atoms with Gasteiger partial charge >= 0.3 is 0 Å². The minimum atomic E-state index is -0.295. The zero-order valence-corrected chi connectivity index (χ0v) is 12.9. The smallest absolute Gasteiger partial charge is 0.234 e. The van der Waals surface area contributed by atoms with Gasteiger partial charge in [0.25, 0.3) is 0 Å². The van der Waals surface area contributed by atoms with Gasteiger partial charge in [0, 0.05) is 6.54 Å². The molecular weight excluding hydrogens is 292 g/mol. The highest BCUT2D eigenvalue weighted by molar-refractivity contribution is 5.77. The van der Waals surface area contributed by atoms with Crippen molar-refractivity contribution in [2.75, 3.05) is 7.11 Å². The number of hydrogen-bond acceptors (Lipinski definition) is 4. The fraction of sp³-hybridized carbons (Fsp3) is 0.222. The molecule has 0 atom stereocenters. The first kappa shape index (κ1) is 16.4. The average Bonchev–Trinajstić information content (AvgIpc) is 2.59. The zero-order valence-electron chi connectivity index (χ0n) is 12.9. The summed E-state index contributed by atoms with van der Waals surface area (Å²) in [6.07, 6.45) is -0.143. The van der Waals surface area contributed by atoms with E-state index in [9.17, 15) is 4.79 Å². The lowest BCUT2D eigenvalue weighted by atomic mass is 10.2. The molecule has 2 aromatic carbocycles. The Labute approximate surface area is 135 Å². The predicted octanol–water partition coefficient (Wildman–Crippen LogP) is 2.80. The number of benzene rings is 2. The van der Waals surface area contributed by atoms with Gasteiger partial charge in [0.05, 0.1) is 13.2 Å². The maximum atomic E-state index is 11.3. The van der Waals surface area contributed by atoms with E-state index in [1.54, 1.807) is 7.11 Å². The average molecular weight is 310 g/mol. The molecule has 1 N–H and O–H groups in total. The van der Waals surface area contributed by atoms with Crippen LogP contribution in [0.5, 0.6) is 11.5 Å². The fourth-order valence-corrected chi connectivity index (χ4v) is 2.01. The van der Waals surface area contributed by atoms with Gasteiger partial charge in [-0.1, -0.05) is 36.4 Å². The highest BCUT2D eigenvalue weighted by Gasteiger charge is 2.07. The summed E-state index contributed by atoms with van der Waals surface area (Å²) in [7, 11) is 1.57. The summed E-state index contributed by atoms with van der Waals surface area (Å²) in [5.41, 5.74) is 1.95. The standard InChI is InChI=1S/C18H18N2O3/c1-22-17-11-15(12-20-18(21)9-10-19)7-8-16(17)23-13-14-5-3-2-4-6-14/h2-8,11H,9,12-13H2,1H3,(H,20,21). The number of nitrogens with one attached hydrogen (secondary N) is 1. The molecule has 5 heteroatoms. The number of carbonyl (C=O) groups excluding carboxylic acids is 1. The molecule has 0 spiro atoms. The second-order valence-corrected chi connectivity index (χ2v) is 4.87. The summed E-state index contributed by atoms with van der Waals surface area (Å²) in [6, 6.07) is 17.2. The molecular formula is C18H18N2O3. The molecule has 0 saturated carbocycles. The fourth-order valence-electron chi connectivity index (χ4n) is 2.01. The van der Waals surface area contributed by atoms with Gasteiger partial charge in [0.15, 0.2) is 11.5 Å². The quantitative estimate of drug-likeness (QED) is 0.853. The summed E-state index contributed by atoms with van der Waals surface area (Å²) < 4.78 is 11.1. The van der Waals surface area contributed by atoms with Gasteiger partial charge in [-0.15, -0.1) is 0 Å². The number of methoxy groups -OCH3 is 1. The van der Waals surface area contributed by atoms with Gasteiger partial charge in [-0.05, 0) is 23.3 Å². The normalized spacial score (nSPS) is 9.74. The minimum Gasteiger partial charge on any atom is -0.493 e.